The Labute approximate surface area is 137 Å². The highest BCUT2D eigenvalue weighted by Gasteiger charge is 2.36. The van der Waals surface area contributed by atoms with Gasteiger partial charge in [0.1, 0.15) is 6.10 Å². The average Bonchev–Trinajstić information content (AvgIpc) is 2.50. The fourth-order valence-corrected chi connectivity index (χ4v) is 2.33. The average molecular weight is 323 g/mol. The number of carbonyl (C=O) groups excluding carboxylic acids is 1. The van der Waals surface area contributed by atoms with Crippen LogP contribution in [0.1, 0.15) is 44.1 Å². The third kappa shape index (κ3) is 4.13. The van der Waals surface area contributed by atoms with Gasteiger partial charge in [-0.25, -0.2) is 4.98 Å². The van der Waals surface area contributed by atoms with Crippen LogP contribution in [0.4, 0.5) is 0 Å². The third-order valence-electron chi connectivity index (χ3n) is 3.73. The lowest BCUT2D eigenvalue weighted by molar-refractivity contribution is 0.0529. The minimum absolute atomic E-state index is 0.0320. The fourth-order valence-electron chi connectivity index (χ4n) is 2.33. The highest BCUT2D eigenvalue weighted by atomic mass is 16.5. The molecular weight excluding hydrogens is 298 g/mol. The molecule has 0 aromatic carbocycles. The Balaban J connectivity index is 2.25. The highest BCUT2D eigenvalue weighted by molar-refractivity contribution is 5.98. The molecule has 0 saturated carbocycles. The summed E-state index contributed by atoms with van der Waals surface area (Å²) in [6.07, 6.45) is 0.890. The summed E-state index contributed by atoms with van der Waals surface area (Å²) < 4.78 is 21.9. The number of aromatic nitrogens is 1. The summed E-state index contributed by atoms with van der Waals surface area (Å²) in [7, 11) is 3.15. The Kier molecular flexibility index (Phi) is 5.46. The molecular formula is C17H25NO5. The summed E-state index contributed by atoms with van der Waals surface area (Å²) >= 11 is 0. The molecule has 2 heterocycles. The molecule has 0 aliphatic carbocycles. The van der Waals surface area contributed by atoms with Crippen molar-refractivity contribution in [2.45, 2.75) is 39.7 Å². The Morgan fingerprint density at radius 1 is 1.30 bits per heavy atom. The van der Waals surface area contributed by atoms with Crippen molar-refractivity contribution in [1.82, 2.24) is 4.98 Å². The van der Waals surface area contributed by atoms with Crippen LogP contribution >= 0.6 is 0 Å². The summed E-state index contributed by atoms with van der Waals surface area (Å²) in [5.74, 6) is 1.20. The lowest BCUT2D eigenvalue weighted by atomic mass is 9.84. The van der Waals surface area contributed by atoms with Crippen molar-refractivity contribution in [3.8, 4) is 17.4 Å². The lowest BCUT2D eigenvalue weighted by Gasteiger charge is -2.34. The number of nitrogens with zero attached hydrogens (tertiary/aromatic N) is 1. The molecule has 23 heavy (non-hydrogen) atoms. The molecule has 0 bridgehead atoms. The van der Waals surface area contributed by atoms with E-state index >= 15 is 0 Å². The monoisotopic (exact) mass is 323 g/mol. The molecule has 0 radical (unpaired) electrons. The molecule has 1 aromatic heterocycles. The summed E-state index contributed by atoms with van der Waals surface area (Å²) in [5, 5.41) is 0. The zero-order valence-corrected chi connectivity index (χ0v) is 14.5. The van der Waals surface area contributed by atoms with Crippen molar-refractivity contribution >= 4 is 5.78 Å². The first-order chi connectivity index (χ1) is 10.9. The quantitative estimate of drug-likeness (QED) is 0.750. The Bertz CT molecular complexity index is 565. The zero-order chi connectivity index (χ0) is 17.0. The topological polar surface area (TPSA) is 66.9 Å². The molecule has 0 N–H and O–H groups in total. The van der Waals surface area contributed by atoms with Crippen molar-refractivity contribution in [3.05, 3.63) is 11.8 Å². The van der Waals surface area contributed by atoms with E-state index < -0.39 is 0 Å². The van der Waals surface area contributed by atoms with Crippen LogP contribution in [0.25, 0.3) is 0 Å². The van der Waals surface area contributed by atoms with E-state index in [0.29, 0.717) is 42.7 Å². The van der Waals surface area contributed by atoms with Gasteiger partial charge in [0.15, 0.2) is 23.0 Å². The SMILES string of the molecule is COCCCOc1cc2c(nc1OC)C(=O)C[C@H](C(C)(C)C)O2. The summed E-state index contributed by atoms with van der Waals surface area (Å²) in [4.78, 5) is 16.6. The smallest absolute Gasteiger partial charge is 0.257 e. The molecule has 0 unspecified atom stereocenters. The molecule has 1 atom stereocenters. The van der Waals surface area contributed by atoms with Crippen molar-refractivity contribution in [2.75, 3.05) is 27.4 Å². The van der Waals surface area contributed by atoms with Crippen molar-refractivity contribution < 1.29 is 23.7 Å². The van der Waals surface area contributed by atoms with Gasteiger partial charge in [-0.1, -0.05) is 20.8 Å². The second-order valence-electron chi connectivity index (χ2n) is 6.64. The van der Waals surface area contributed by atoms with Gasteiger partial charge >= 0.3 is 0 Å². The maximum Gasteiger partial charge on any atom is 0.257 e. The normalized spacial score (nSPS) is 17.4. The van der Waals surface area contributed by atoms with Crippen molar-refractivity contribution in [1.29, 1.82) is 0 Å². The van der Waals surface area contributed by atoms with Crippen LogP contribution in [0.15, 0.2) is 6.07 Å². The van der Waals surface area contributed by atoms with Crippen LogP contribution < -0.4 is 14.2 Å². The Morgan fingerprint density at radius 2 is 2.04 bits per heavy atom. The van der Waals surface area contributed by atoms with Gasteiger partial charge < -0.3 is 18.9 Å². The molecule has 6 nitrogen and oxygen atoms in total. The van der Waals surface area contributed by atoms with Gasteiger partial charge in [-0.05, 0) is 5.41 Å². The third-order valence-corrected chi connectivity index (χ3v) is 3.73. The molecule has 2 rings (SSSR count). The number of ketones is 1. The first-order valence-electron chi connectivity index (χ1n) is 7.77. The molecule has 0 spiro atoms. The Hall–Kier alpha value is -1.82. The van der Waals surface area contributed by atoms with E-state index in [9.17, 15) is 4.79 Å². The van der Waals surface area contributed by atoms with E-state index in [0.717, 1.165) is 6.42 Å². The minimum atomic E-state index is -0.181. The Morgan fingerprint density at radius 3 is 2.65 bits per heavy atom. The molecule has 1 aliphatic rings. The van der Waals surface area contributed by atoms with Gasteiger partial charge in [0.2, 0.25) is 0 Å². The number of hydrogen-bond donors (Lipinski definition) is 0. The largest absolute Gasteiger partial charge is 0.488 e. The number of hydrogen-bond acceptors (Lipinski definition) is 6. The molecule has 128 valence electrons. The standard InChI is InChI=1S/C17H25NO5/c1-17(2,3)14-9-11(19)15-12(23-14)10-13(16(18-15)21-5)22-8-6-7-20-4/h10,14H,6-9H2,1-5H3/t14-/m1/s1. The number of methoxy groups -OCH3 is 2. The van der Waals surface area contributed by atoms with E-state index in [1.807, 2.05) is 0 Å². The number of rotatable bonds is 6. The van der Waals surface area contributed by atoms with Crippen LogP contribution in [0.2, 0.25) is 0 Å². The van der Waals surface area contributed by atoms with E-state index in [1.165, 1.54) is 7.11 Å². The van der Waals surface area contributed by atoms with Crippen LogP contribution in [-0.4, -0.2) is 44.3 Å². The van der Waals surface area contributed by atoms with Crippen molar-refractivity contribution in [2.24, 2.45) is 5.41 Å². The van der Waals surface area contributed by atoms with Crippen LogP contribution in [0.3, 0.4) is 0 Å². The number of Topliss-reactive ketones (excluding diaryl/α,β-unsaturated/α-hetero) is 1. The van der Waals surface area contributed by atoms with Gasteiger partial charge in [0.05, 0.1) is 20.1 Å². The van der Waals surface area contributed by atoms with Gasteiger partial charge in [0.25, 0.3) is 5.88 Å². The summed E-state index contributed by atoms with van der Waals surface area (Å²) in [5.41, 5.74) is 0.179. The number of ether oxygens (including phenoxy) is 4. The van der Waals surface area contributed by atoms with Gasteiger partial charge in [0, 0.05) is 26.2 Å². The molecule has 1 aliphatic heterocycles. The van der Waals surface area contributed by atoms with E-state index in [2.05, 4.69) is 25.8 Å². The van der Waals surface area contributed by atoms with Crippen LogP contribution in [0, 0.1) is 5.41 Å². The van der Waals surface area contributed by atoms with Gasteiger partial charge in [-0.2, -0.15) is 0 Å². The minimum Gasteiger partial charge on any atom is -0.488 e. The number of carbonyl (C=O) groups is 1. The first-order valence-corrected chi connectivity index (χ1v) is 7.77. The zero-order valence-electron chi connectivity index (χ0n) is 14.5. The number of fused-ring (bicyclic) bond motifs is 1. The molecule has 6 heteroatoms. The van der Waals surface area contributed by atoms with Gasteiger partial charge in [-0.3, -0.25) is 4.79 Å². The highest BCUT2D eigenvalue weighted by Crippen LogP contribution is 2.39. The predicted molar refractivity (Wildman–Crippen MR) is 85.6 cm³/mol. The maximum atomic E-state index is 12.4. The lowest BCUT2D eigenvalue weighted by Crippen LogP contribution is -2.38. The summed E-state index contributed by atoms with van der Waals surface area (Å²) in [6.45, 7) is 7.24. The van der Waals surface area contributed by atoms with Gasteiger partial charge in [-0.15, -0.1) is 0 Å². The number of pyridine rings is 1. The first kappa shape index (κ1) is 17.5. The molecule has 1 aromatic rings. The van der Waals surface area contributed by atoms with E-state index in [4.69, 9.17) is 18.9 Å². The van der Waals surface area contributed by atoms with E-state index in [1.54, 1.807) is 13.2 Å². The summed E-state index contributed by atoms with van der Waals surface area (Å²) in [6, 6.07) is 1.70. The molecule has 0 saturated heterocycles. The second-order valence-corrected chi connectivity index (χ2v) is 6.64. The van der Waals surface area contributed by atoms with Crippen LogP contribution in [0.5, 0.6) is 17.4 Å². The molecule has 0 amide bonds. The maximum absolute atomic E-state index is 12.4. The fraction of sp³-hybridized carbons (Fsp3) is 0.647. The predicted octanol–water partition coefficient (Wildman–Crippen LogP) is 2.89. The molecule has 0 fully saturated rings. The van der Waals surface area contributed by atoms with E-state index in [-0.39, 0.29) is 17.3 Å². The second kappa shape index (κ2) is 7.17. The van der Waals surface area contributed by atoms with Crippen molar-refractivity contribution in [3.63, 3.8) is 0 Å². The van der Waals surface area contributed by atoms with Crippen LogP contribution in [-0.2, 0) is 4.74 Å².